The van der Waals surface area contributed by atoms with E-state index in [1.165, 1.54) is 11.3 Å². The zero-order valence-electron chi connectivity index (χ0n) is 11.8. The van der Waals surface area contributed by atoms with Gasteiger partial charge in [0.15, 0.2) is 0 Å². The largest absolute Gasteiger partial charge is 0.389 e. The van der Waals surface area contributed by atoms with Gasteiger partial charge >= 0.3 is 0 Å². The number of anilines is 2. The molecule has 2 nitrogen and oxygen atoms in total. The molecule has 0 aromatic heterocycles. The molecule has 2 rings (SSSR count). The first-order valence-corrected chi connectivity index (χ1v) is 6.72. The van der Waals surface area contributed by atoms with Gasteiger partial charge in [-0.3, -0.25) is 0 Å². The second-order valence-corrected chi connectivity index (χ2v) is 4.85. The van der Waals surface area contributed by atoms with Gasteiger partial charge in [-0.25, -0.2) is 0 Å². The summed E-state index contributed by atoms with van der Waals surface area (Å²) >= 11 is 0. The van der Waals surface area contributed by atoms with Crippen molar-refractivity contribution < 1.29 is 5.11 Å². The highest BCUT2D eigenvalue weighted by molar-refractivity contribution is 5.62. The minimum Gasteiger partial charge on any atom is -0.389 e. The number of aliphatic hydroxyl groups is 1. The molecule has 0 aliphatic rings. The first-order valence-electron chi connectivity index (χ1n) is 6.72. The van der Waals surface area contributed by atoms with E-state index in [2.05, 4.69) is 43.1 Å². The van der Waals surface area contributed by atoms with Crippen LogP contribution in [0, 0.1) is 0 Å². The van der Waals surface area contributed by atoms with Crippen LogP contribution in [0.15, 0.2) is 48.5 Å². The van der Waals surface area contributed by atoms with Crippen molar-refractivity contribution in [3.8, 4) is 0 Å². The summed E-state index contributed by atoms with van der Waals surface area (Å²) in [6, 6.07) is 16.6. The van der Waals surface area contributed by atoms with Crippen LogP contribution < -0.4 is 4.90 Å². The Morgan fingerprint density at radius 2 is 1.42 bits per heavy atom. The van der Waals surface area contributed by atoms with E-state index in [0.29, 0.717) is 0 Å². The smallest absolute Gasteiger partial charge is 0.0761 e. The average molecular weight is 255 g/mol. The van der Waals surface area contributed by atoms with Gasteiger partial charge in [0.05, 0.1) is 6.10 Å². The Bertz CT molecular complexity index is 514. The average Bonchev–Trinajstić information content (AvgIpc) is 2.46. The van der Waals surface area contributed by atoms with Crippen LogP contribution in [0.5, 0.6) is 0 Å². The SMILES string of the molecule is CCc1ccc(N(C)c2ccc([C@H](C)O)cc2)cc1. The number of rotatable bonds is 4. The fourth-order valence-corrected chi connectivity index (χ4v) is 2.08. The summed E-state index contributed by atoms with van der Waals surface area (Å²) in [6.45, 7) is 3.94. The Morgan fingerprint density at radius 1 is 0.947 bits per heavy atom. The Morgan fingerprint density at radius 3 is 1.84 bits per heavy atom. The van der Waals surface area contributed by atoms with Crippen LogP contribution in [0.2, 0.25) is 0 Å². The molecule has 0 radical (unpaired) electrons. The third kappa shape index (κ3) is 3.15. The standard InChI is InChI=1S/C17H21NO/c1-4-14-5-9-16(10-6-14)18(3)17-11-7-15(8-12-17)13(2)19/h5-13,19H,4H2,1-3H3/t13-/m0/s1. The van der Waals surface area contributed by atoms with Crippen LogP contribution in [-0.4, -0.2) is 12.2 Å². The second kappa shape index (κ2) is 5.89. The summed E-state index contributed by atoms with van der Waals surface area (Å²) in [5.41, 5.74) is 4.58. The van der Waals surface area contributed by atoms with Gasteiger partial charge in [0, 0.05) is 18.4 Å². The van der Waals surface area contributed by atoms with Gasteiger partial charge < -0.3 is 10.0 Å². The van der Waals surface area contributed by atoms with E-state index in [-0.39, 0.29) is 0 Å². The fourth-order valence-electron chi connectivity index (χ4n) is 2.08. The van der Waals surface area contributed by atoms with Gasteiger partial charge in [-0.1, -0.05) is 31.2 Å². The third-order valence-corrected chi connectivity index (χ3v) is 3.49. The topological polar surface area (TPSA) is 23.5 Å². The Labute approximate surface area is 115 Å². The van der Waals surface area contributed by atoms with Crippen molar-refractivity contribution in [2.45, 2.75) is 26.4 Å². The van der Waals surface area contributed by atoms with Gasteiger partial charge in [0.1, 0.15) is 0 Å². The molecular weight excluding hydrogens is 234 g/mol. The summed E-state index contributed by atoms with van der Waals surface area (Å²) in [5, 5.41) is 9.51. The predicted octanol–water partition coefficient (Wildman–Crippen LogP) is 4.07. The maximum absolute atomic E-state index is 9.51. The van der Waals surface area contributed by atoms with Gasteiger partial charge in [0.25, 0.3) is 0 Å². The molecule has 2 aromatic carbocycles. The molecule has 2 aromatic rings. The lowest BCUT2D eigenvalue weighted by molar-refractivity contribution is 0.199. The van der Waals surface area contributed by atoms with E-state index in [1.807, 2.05) is 24.3 Å². The monoisotopic (exact) mass is 255 g/mol. The highest BCUT2D eigenvalue weighted by Crippen LogP contribution is 2.25. The minimum atomic E-state index is -0.414. The molecule has 1 atom stereocenters. The van der Waals surface area contributed by atoms with Gasteiger partial charge in [0.2, 0.25) is 0 Å². The zero-order valence-corrected chi connectivity index (χ0v) is 11.8. The van der Waals surface area contributed by atoms with Crippen molar-refractivity contribution in [3.05, 3.63) is 59.7 Å². The van der Waals surface area contributed by atoms with E-state index >= 15 is 0 Å². The molecular formula is C17H21NO. The minimum absolute atomic E-state index is 0.414. The molecule has 1 N–H and O–H groups in total. The molecule has 0 unspecified atom stereocenters. The molecule has 0 aliphatic heterocycles. The fraction of sp³-hybridized carbons (Fsp3) is 0.294. The van der Waals surface area contributed by atoms with Crippen molar-refractivity contribution >= 4 is 11.4 Å². The Hall–Kier alpha value is -1.80. The quantitative estimate of drug-likeness (QED) is 0.890. The van der Waals surface area contributed by atoms with Crippen LogP contribution in [-0.2, 0) is 6.42 Å². The molecule has 0 amide bonds. The summed E-state index contributed by atoms with van der Waals surface area (Å²) in [4.78, 5) is 2.14. The maximum Gasteiger partial charge on any atom is 0.0761 e. The first-order chi connectivity index (χ1) is 9.11. The number of hydrogen-bond donors (Lipinski definition) is 1. The zero-order chi connectivity index (χ0) is 13.8. The molecule has 0 saturated heterocycles. The lowest BCUT2D eigenvalue weighted by Crippen LogP contribution is -2.09. The molecule has 2 heteroatoms. The molecule has 0 bridgehead atoms. The Kier molecular flexibility index (Phi) is 4.23. The predicted molar refractivity (Wildman–Crippen MR) is 81.0 cm³/mol. The van der Waals surface area contributed by atoms with E-state index in [9.17, 15) is 5.11 Å². The lowest BCUT2D eigenvalue weighted by Gasteiger charge is -2.20. The Balaban J connectivity index is 2.20. The van der Waals surface area contributed by atoms with Crippen molar-refractivity contribution in [1.29, 1.82) is 0 Å². The molecule has 100 valence electrons. The molecule has 0 saturated carbocycles. The van der Waals surface area contributed by atoms with E-state index in [4.69, 9.17) is 0 Å². The summed E-state index contributed by atoms with van der Waals surface area (Å²) in [7, 11) is 2.05. The van der Waals surface area contributed by atoms with Crippen LogP contribution in [0.3, 0.4) is 0 Å². The van der Waals surface area contributed by atoms with Gasteiger partial charge in [-0.15, -0.1) is 0 Å². The summed E-state index contributed by atoms with van der Waals surface area (Å²) in [5.74, 6) is 0. The molecule has 19 heavy (non-hydrogen) atoms. The number of hydrogen-bond acceptors (Lipinski definition) is 2. The number of nitrogens with zero attached hydrogens (tertiary/aromatic N) is 1. The van der Waals surface area contributed by atoms with Crippen molar-refractivity contribution in [3.63, 3.8) is 0 Å². The van der Waals surface area contributed by atoms with E-state index in [1.54, 1.807) is 6.92 Å². The van der Waals surface area contributed by atoms with Crippen LogP contribution in [0.4, 0.5) is 11.4 Å². The molecule has 0 fully saturated rings. The summed E-state index contributed by atoms with van der Waals surface area (Å²) in [6.07, 6.45) is 0.649. The third-order valence-electron chi connectivity index (χ3n) is 3.49. The normalized spacial score (nSPS) is 12.2. The number of aryl methyl sites for hydroxylation is 1. The van der Waals surface area contributed by atoms with Crippen LogP contribution in [0.1, 0.15) is 31.1 Å². The molecule has 0 aliphatic carbocycles. The van der Waals surface area contributed by atoms with Crippen LogP contribution in [0.25, 0.3) is 0 Å². The highest BCUT2D eigenvalue weighted by atomic mass is 16.3. The van der Waals surface area contributed by atoms with Crippen LogP contribution >= 0.6 is 0 Å². The van der Waals surface area contributed by atoms with Crippen molar-refractivity contribution in [2.24, 2.45) is 0 Å². The van der Waals surface area contributed by atoms with E-state index in [0.717, 1.165) is 17.7 Å². The first kappa shape index (κ1) is 13.6. The second-order valence-electron chi connectivity index (χ2n) is 4.85. The molecule has 0 spiro atoms. The molecule has 0 heterocycles. The van der Waals surface area contributed by atoms with E-state index < -0.39 is 6.10 Å². The van der Waals surface area contributed by atoms with Gasteiger partial charge in [-0.05, 0) is 48.7 Å². The van der Waals surface area contributed by atoms with Gasteiger partial charge in [-0.2, -0.15) is 0 Å². The highest BCUT2D eigenvalue weighted by Gasteiger charge is 2.05. The lowest BCUT2D eigenvalue weighted by atomic mass is 10.1. The number of benzene rings is 2. The maximum atomic E-state index is 9.51. The summed E-state index contributed by atoms with van der Waals surface area (Å²) < 4.78 is 0. The van der Waals surface area contributed by atoms with Crippen molar-refractivity contribution in [2.75, 3.05) is 11.9 Å². The number of aliphatic hydroxyl groups excluding tert-OH is 1. The van der Waals surface area contributed by atoms with Crippen molar-refractivity contribution in [1.82, 2.24) is 0 Å².